The van der Waals surface area contributed by atoms with Crippen molar-refractivity contribution >= 4 is 16.5 Å². The average molecular weight is 249 g/mol. The van der Waals surface area contributed by atoms with E-state index in [-0.39, 0.29) is 26.2 Å². The summed E-state index contributed by atoms with van der Waals surface area (Å²) in [5.41, 5.74) is 0. The van der Waals surface area contributed by atoms with Crippen molar-refractivity contribution in [3.05, 3.63) is 0 Å². The van der Waals surface area contributed by atoms with Crippen LogP contribution in [0.3, 0.4) is 0 Å². The van der Waals surface area contributed by atoms with Crippen molar-refractivity contribution in [2.24, 2.45) is 0 Å². The molecule has 0 N–H and O–H groups in total. The van der Waals surface area contributed by atoms with E-state index in [2.05, 4.69) is 0 Å². The van der Waals surface area contributed by atoms with Crippen molar-refractivity contribution in [1.29, 1.82) is 0 Å². The number of rotatable bonds is 0. The normalized spacial score (nSPS) is 5.78. The largest absolute Gasteiger partial charge is 4.00 e. The van der Waals surface area contributed by atoms with Crippen LogP contribution in [0.2, 0.25) is 0 Å². The van der Waals surface area contributed by atoms with E-state index in [9.17, 15) is 0 Å². The average Bonchev–Trinajstić information content (AvgIpc) is 1.25. The van der Waals surface area contributed by atoms with Gasteiger partial charge < -0.3 is 19.6 Å². The molecule has 0 aliphatic carbocycles. The van der Waals surface area contributed by atoms with Crippen LogP contribution in [0.1, 0.15) is 0 Å². The minimum Gasteiger partial charge on any atom is -0.598 e. The summed E-state index contributed by atoms with van der Waals surface area (Å²) in [6.07, 6.45) is 0. The molecule has 0 aliphatic heterocycles. The SMILES string of the molecule is O=[P+]([O-])[O-].O=[P+]([O-])[O-].[Zr+4]. The van der Waals surface area contributed by atoms with Crippen molar-refractivity contribution in [3.63, 3.8) is 0 Å². The molecule has 9 heteroatoms. The van der Waals surface area contributed by atoms with E-state index in [1.807, 2.05) is 0 Å². The Labute approximate surface area is 71.6 Å². The first-order chi connectivity index (χ1) is 3.46. The quantitative estimate of drug-likeness (QED) is 0.414. The Kier molecular flexibility index (Phi) is 21.4. The van der Waals surface area contributed by atoms with Crippen LogP contribution in [-0.2, 0) is 35.3 Å². The molecule has 0 aromatic rings. The second-order valence-electron chi connectivity index (χ2n) is 0.447. The van der Waals surface area contributed by atoms with Gasteiger partial charge in [-0.2, -0.15) is 0 Å². The fourth-order valence-electron chi connectivity index (χ4n) is 0. The minimum absolute atomic E-state index is 0. The fraction of sp³-hybridized carbons (Fsp3) is 0. The van der Waals surface area contributed by atoms with Gasteiger partial charge in [-0.1, -0.05) is 9.13 Å². The zero-order valence-corrected chi connectivity index (χ0v) is 8.09. The van der Waals surface area contributed by atoms with E-state index in [0.29, 0.717) is 0 Å². The Bertz CT molecular complexity index is 69.1. The summed E-state index contributed by atoms with van der Waals surface area (Å²) in [6, 6.07) is 0. The molecule has 0 bridgehead atoms. The van der Waals surface area contributed by atoms with Gasteiger partial charge in [0.25, 0.3) is 16.5 Å². The third-order valence-electron chi connectivity index (χ3n) is 0. The Hall–Kier alpha value is 0.923. The van der Waals surface area contributed by atoms with Crippen molar-refractivity contribution in [2.45, 2.75) is 0 Å². The molecule has 0 saturated heterocycles. The van der Waals surface area contributed by atoms with E-state index in [1.54, 1.807) is 0 Å². The third kappa shape index (κ3) is 502. The van der Waals surface area contributed by atoms with Crippen LogP contribution < -0.4 is 19.6 Å². The second-order valence-corrected chi connectivity index (χ2v) is 1.34. The third-order valence-corrected chi connectivity index (χ3v) is 0. The van der Waals surface area contributed by atoms with E-state index < -0.39 is 16.5 Å². The van der Waals surface area contributed by atoms with Gasteiger partial charge in [0.1, 0.15) is 0 Å². The van der Waals surface area contributed by atoms with Gasteiger partial charge in [-0.25, -0.2) is 0 Å². The maximum absolute atomic E-state index is 8.48. The van der Waals surface area contributed by atoms with Crippen LogP contribution in [0.25, 0.3) is 0 Å². The fourth-order valence-corrected chi connectivity index (χ4v) is 0. The first-order valence-corrected chi connectivity index (χ1v) is 3.29. The number of hydrogen-bond donors (Lipinski definition) is 0. The molecule has 0 aromatic carbocycles. The maximum atomic E-state index is 8.48. The molecule has 0 heterocycles. The van der Waals surface area contributed by atoms with Crippen molar-refractivity contribution in [1.82, 2.24) is 0 Å². The molecule has 0 radical (unpaired) electrons. The van der Waals surface area contributed by atoms with Crippen LogP contribution in [0.4, 0.5) is 0 Å². The predicted molar refractivity (Wildman–Crippen MR) is 15.2 cm³/mol. The minimum atomic E-state index is -3.37. The van der Waals surface area contributed by atoms with Gasteiger partial charge in [0.2, 0.25) is 0 Å². The van der Waals surface area contributed by atoms with Crippen LogP contribution >= 0.6 is 16.5 Å². The van der Waals surface area contributed by atoms with E-state index in [4.69, 9.17) is 28.7 Å². The van der Waals surface area contributed by atoms with E-state index >= 15 is 0 Å². The summed E-state index contributed by atoms with van der Waals surface area (Å²) in [6.45, 7) is 0. The molecule has 0 fully saturated rings. The first-order valence-electron chi connectivity index (χ1n) is 1.10. The molecule has 0 rings (SSSR count). The summed E-state index contributed by atoms with van der Waals surface area (Å²) in [4.78, 5) is 33.9. The Morgan fingerprint density at radius 1 is 0.778 bits per heavy atom. The van der Waals surface area contributed by atoms with Crippen LogP contribution in [0, 0.1) is 0 Å². The maximum Gasteiger partial charge on any atom is 4.00 e. The smallest absolute Gasteiger partial charge is 0.598 e. The Morgan fingerprint density at radius 2 is 0.778 bits per heavy atom. The van der Waals surface area contributed by atoms with Crippen LogP contribution in [-0.4, -0.2) is 0 Å². The van der Waals surface area contributed by atoms with Gasteiger partial charge in [-0.3, -0.25) is 0 Å². The second kappa shape index (κ2) is 11.7. The van der Waals surface area contributed by atoms with Gasteiger partial charge in [-0.05, 0) is 0 Å². The van der Waals surface area contributed by atoms with Gasteiger partial charge in [0, 0.05) is 0 Å². The predicted octanol–water partition coefficient (Wildman–Crippen LogP) is -3.27. The molecule has 0 aliphatic rings. The van der Waals surface area contributed by atoms with Crippen molar-refractivity contribution in [3.8, 4) is 0 Å². The standard InChI is InChI=1S/2HO3P.Zr/c2*1-4(2)3;/h2*(H,1,2,3);/q;;+4/p-2. The summed E-state index contributed by atoms with van der Waals surface area (Å²) in [5.74, 6) is 0. The molecule has 0 saturated carbocycles. The Balaban J connectivity index is -0.0000000720. The monoisotopic (exact) mass is 248 g/mol. The van der Waals surface area contributed by atoms with Gasteiger partial charge in [-0.15, -0.1) is 0 Å². The molecule has 48 valence electrons. The molecule has 9 heavy (non-hydrogen) atoms. The molecule has 0 aromatic heterocycles. The van der Waals surface area contributed by atoms with Crippen molar-refractivity contribution in [2.75, 3.05) is 0 Å². The first kappa shape index (κ1) is 16.5. The summed E-state index contributed by atoms with van der Waals surface area (Å²) >= 11 is 0. The van der Waals surface area contributed by atoms with Gasteiger partial charge in [0.15, 0.2) is 0 Å². The topological polar surface area (TPSA) is 126 Å². The molecular weight excluding hydrogens is 249 g/mol. The molecule has 0 unspecified atom stereocenters. The van der Waals surface area contributed by atoms with Crippen LogP contribution in [0.5, 0.6) is 0 Å². The number of hydrogen-bond acceptors (Lipinski definition) is 6. The van der Waals surface area contributed by atoms with Crippen molar-refractivity contribution < 1.29 is 54.9 Å². The zero-order chi connectivity index (χ0) is 7.15. The van der Waals surface area contributed by atoms with E-state index in [1.165, 1.54) is 0 Å². The molecule has 0 spiro atoms. The molecule has 0 atom stereocenters. The van der Waals surface area contributed by atoms with Crippen LogP contribution in [0.15, 0.2) is 0 Å². The molecule has 6 nitrogen and oxygen atoms in total. The van der Waals surface area contributed by atoms with Gasteiger partial charge >= 0.3 is 26.2 Å². The Morgan fingerprint density at radius 3 is 0.778 bits per heavy atom. The summed E-state index contributed by atoms with van der Waals surface area (Å²) in [5, 5.41) is 0. The van der Waals surface area contributed by atoms with Gasteiger partial charge in [0.05, 0.1) is 0 Å². The summed E-state index contributed by atoms with van der Waals surface area (Å²) in [7, 11) is -6.74. The molecule has 0 amide bonds. The molecular formula is O6P2Zr+2. The van der Waals surface area contributed by atoms with E-state index in [0.717, 1.165) is 0 Å². The zero-order valence-electron chi connectivity index (χ0n) is 3.84. The summed E-state index contributed by atoms with van der Waals surface area (Å²) < 4.78 is 17.0.